The van der Waals surface area contributed by atoms with Crippen molar-refractivity contribution < 1.29 is 8.42 Å². The van der Waals surface area contributed by atoms with Crippen molar-refractivity contribution in [2.24, 2.45) is 11.8 Å². The minimum atomic E-state index is -3.69. The number of thiazole rings is 1. The molecule has 0 aliphatic carbocycles. The molecule has 2 aliphatic heterocycles. The topological polar surface area (TPSA) is 74.3 Å². The smallest absolute Gasteiger partial charge is 0.263 e. The number of anilines is 2. The van der Waals surface area contributed by atoms with Crippen LogP contribution in [0.15, 0.2) is 34.7 Å². The lowest BCUT2D eigenvalue weighted by Crippen LogP contribution is -2.29. The maximum absolute atomic E-state index is 12.5. The number of fused-ring (bicyclic) bond motifs is 1. The van der Waals surface area contributed by atoms with E-state index in [1.165, 1.54) is 43.3 Å². The van der Waals surface area contributed by atoms with E-state index >= 15 is 0 Å². The number of rotatable bonds is 6. The molecule has 0 saturated carbocycles. The molecule has 1 aromatic heterocycles. The summed E-state index contributed by atoms with van der Waals surface area (Å²) >= 11 is 7.59. The molecule has 0 amide bonds. The van der Waals surface area contributed by atoms with Gasteiger partial charge < -0.3 is 5.32 Å². The Kier molecular flexibility index (Phi) is 5.33. The van der Waals surface area contributed by atoms with Gasteiger partial charge in [0.1, 0.15) is 0 Å². The fraction of sp³-hybridized carbons (Fsp3) is 0.500. The number of halogens is 1. The number of benzene rings is 1. The standard InChI is InChI=1S/C18H23ClN4O2S2/c1-12-8-17-13(4-6-23(17)11-12)10-21-16-3-2-14(9-15(16)19)27(24,25)22-18-20-5-7-26-18/h2-3,5,7,9,12-13,17,21H,4,6,8,10-11H2,1H3,(H,20,22)/t12?,13-,17?/m0/s1. The molecule has 0 spiro atoms. The minimum absolute atomic E-state index is 0.130. The number of aromatic nitrogens is 1. The highest BCUT2D eigenvalue weighted by Crippen LogP contribution is 2.36. The molecule has 2 fully saturated rings. The average molecular weight is 427 g/mol. The molecule has 2 saturated heterocycles. The molecule has 1 aromatic carbocycles. The first kappa shape index (κ1) is 19.0. The third kappa shape index (κ3) is 4.08. The van der Waals surface area contributed by atoms with Crippen molar-refractivity contribution in [3.05, 3.63) is 34.8 Å². The van der Waals surface area contributed by atoms with Gasteiger partial charge in [-0.3, -0.25) is 9.62 Å². The van der Waals surface area contributed by atoms with Gasteiger partial charge in [0.2, 0.25) is 0 Å². The predicted octanol–water partition coefficient (Wildman–Crippen LogP) is 3.74. The first-order valence-electron chi connectivity index (χ1n) is 9.12. The van der Waals surface area contributed by atoms with Gasteiger partial charge in [-0.25, -0.2) is 13.4 Å². The quantitative estimate of drug-likeness (QED) is 0.736. The van der Waals surface area contributed by atoms with Crippen LogP contribution in [0.1, 0.15) is 19.8 Å². The van der Waals surface area contributed by atoms with Crippen LogP contribution in [0.4, 0.5) is 10.8 Å². The van der Waals surface area contributed by atoms with Crippen molar-refractivity contribution in [3.8, 4) is 0 Å². The SMILES string of the molecule is CC1CC2[C@H](CNc3ccc(S(=O)(=O)Nc4nccs4)cc3Cl)CCN2C1. The van der Waals surface area contributed by atoms with Crippen LogP contribution >= 0.6 is 22.9 Å². The van der Waals surface area contributed by atoms with Gasteiger partial charge >= 0.3 is 0 Å². The Morgan fingerprint density at radius 2 is 2.26 bits per heavy atom. The van der Waals surface area contributed by atoms with Crippen LogP contribution in [0.5, 0.6) is 0 Å². The maximum atomic E-state index is 12.5. The van der Waals surface area contributed by atoms with Crippen LogP contribution in [0, 0.1) is 11.8 Å². The highest BCUT2D eigenvalue weighted by molar-refractivity contribution is 7.93. The molecule has 2 aliphatic rings. The van der Waals surface area contributed by atoms with E-state index in [0.717, 1.165) is 18.2 Å². The Bertz CT molecular complexity index is 904. The zero-order valence-corrected chi connectivity index (χ0v) is 17.4. The van der Waals surface area contributed by atoms with Gasteiger partial charge in [0.15, 0.2) is 5.13 Å². The van der Waals surface area contributed by atoms with Gasteiger partial charge in [-0.05, 0) is 49.4 Å². The van der Waals surface area contributed by atoms with E-state index in [0.29, 0.717) is 22.1 Å². The minimum Gasteiger partial charge on any atom is -0.384 e. The number of hydrogen-bond donors (Lipinski definition) is 2. The first-order chi connectivity index (χ1) is 12.9. The molecular formula is C18H23ClN4O2S2. The van der Waals surface area contributed by atoms with Crippen molar-refractivity contribution in [1.29, 1.82) is 0 Å². The van der Waals surface area contributed by atoms with Gasteiger partial charge in [0, 0.05) is 30.7 Å². The van der Waals surface area contributed by atoms with Crippen LogP contribution in [0.25, 0.3) is 0 Å². The van der Waals surface area contributed by atoms with Crippen molar-refractivity contribution >= 4 is 43.8 Å². The van der Waals surface area contributed by atoms with Gasteiger partial charge in [0.25, 0.3) is 10.0 Å². The van der Waals surface area contributed by atoms with Gasteiger partial charge in [-0.2, -0.15) is 0 Å². The molecule has 146 valence electrons. The molecular weight excluding hydrogens is 404 g/mol. The van der Waals surface area contributed by atoms with Crippen LogP contribution in [-0.4, -0.2) is 44.0 Å². The fourth-order valence-electron chi connectivity index (χ4n) is 4.18. The Morgan fingerprint density at radius 3 is 3.00 bits per heavy atom. The fourth-order valence-corrected chi connectivity index (χ4v) is 6.30. The summed E-state index contributed by atoms with van der Waals surface area (Å²) < 4.78 is 27.4. The van der Waals surface area contributed by atoms with Crippen LogP contribution < -0.4 is 10.0 Å². The Hall–Kier alpha value is -1.35. The van der Waals surface area contributed by atoms with Gasteiger partial charge in [-0.15, -0.1) is 11.3 Å². The molecule has 2 N–H and O–H groups in total. The van der Waals surface area contributed by atoms with Crippen molar-refractivity contribution in [1.82, 2.24) is 9.88 Å². The van der Waals surface area contributed by atoms with Crippen molar-refractivity contribution in [2.45, 2.75) is 30.7 Å². The van der Waals surface area contributed by atoms with Crippen LogP contribution in [-0.2, 0) is 10.0 Å². The lowest BCUT2D eigenvalue weighted by molar-refractivity contribution is 0.294. The molecule has 2 aromatic rings. The second kappa shape index (κ2) is 7.58. The summed E-state index contributed by atoms with van der Waals surface area (Å²) in [6.45, 7) is 5.56. The summed E-state index contributed by atoms with van der Waals surface area (Å²) in [7, 11) is -3.69. The van der Waals surface area contributed by atoms with Crippen LogP contribution in [0.2, 0.25) is 5.02 Å². The molecule has 3 atom stereocenters. The second-order valence-electron chi connectivity index (χ2n) is 7.42. The molecule has 4 rings (SSSR count). The average Bonchev–Trinajstić information content (AvgIpc) is 3.32. The highest BCUT2D eigenvalue weighted by atomic mass is 35.5. The van der Waals surface area contributed by atoms with Crippen molar-refractivity contribution in [3.63, 3.8) is 0 Å². The maximum Gasteiger partial charge on any atom is 0.263 e. The van der Waals surface area contributed by atoms with E-state index in [9.17, 15) is 8.42 Å². The third-order valence-corrected chi connectivity index (χ3v) is 7.92. The van der Waals surface area contributed by atoms with E-state index in [-0.39, 0.29) is 4.90 Å². The lowest BCUT2D eigenvalue weighted by Gasteiger charge is -2.21. The summed E-state index contributed by atoms with van der Waals surface area (Å²) in [4.78, 5) is 6.68. The summed E-state index contributed by atoms with van der Waals surface area (Å²) in [6, 6.07) is 5.46. The summed E-state index contributed by atoms with van der Waals surface area (Å²) in [6.07, 6.45) is 4.02. The van der Waals surface area contributed by atoms with Gasteiger partial charge in [-0.1, -0.05) is 18.5 Å². The number of nitrogens with zero attached hydrogens (tertiary/aromatic N) is 2. The Balaban J connectivity index is 1.41. The largest absolute Gasteiger partial charge is 0.384 e. The normalized spacial score (nSPS) is 25.5. The van der Waals surface area contributed by atoms with E-state index in [4.69, 9.17) is 11.6 Å². The zero-order valence-electron chi connectivity index (χ0n) is 15.1. The molecule has 27 heavy (non-hydrogen) atoms. The molecule has 3 heterocycles. The van der Waals surface area contributed by atoms with Crippen molar-refractivity contribution in [2.75, 3.05) is 29.7 Å². The van der Waals surface area contributed by atoms with E-state index in [1.807, 2.05) is 0 Å². The van der Waals surface area contributed by atoms with Crippen LogP contribution in [0.3, 0.4) is 0 Å². The van der Waals surface area contributed by atoms with Gasteiger partial charge in [0.05, 0.1) is 15.6 Å². The van der Waals surface area contributed by atoms with E-state index in [2.05, 4.69) is 26.8 Å². The second-order valence-corrected chi connectivity index (χ2v) is 10.4. The number of nitrogens with one attached hydrogen (secondary N) is 2. The zero-order chi connectivity index (χ0) is 19.0. The molecule has 6 nitrogen and oxygen atoms in total. The summed E-state index contributed by atoms with van der Waals surface area (Å²) in [5.41, 5.74) is 0.773. The Morgan fingerprint density at radius 1 is 1.41 bits per heavy atom. The van der Waals surface area contributed by atoms with E-state index < -0.39 is 10.0 Å². The molecule has 0 bridgehead atoms. The monoisotopic (exact) mass is 426 g/mol. The number of sulfonamides is 1. The Labute approximate surface area is 169 Å². The molecule has 2 unspecified atom stereocenters. The lowest BCUT2D eigenvalue weighted by atomic mass is 9.95. The molecule has 9 heteroatoms. The molecule has 0 radical (unpaired) electrons. The highest BCUT2D eigenvalue weighted by Gasteiger charge is 2.39. The number of hydrogen-bond acceptors (Lipinski definition) is 6. The first-order valence-corrected chi connectivity index (χ1v) is 11.9. The summed E-state index contributed by atoms with van der Waals surface area (Å²) in [5.74, 6) is 1.39. The summed E-state index contributed by atoms with van der Waals surface area (Å²) in [5, 5.41) is 5.88. The van der Waals surface area contributed by atoms with E-state index in [1.54, 1.807) is 23.7 Å². The third-order valence-electron chi connectivity index (χ3n) is 5.45. The predicted molar refractivity (Wildman–Crippen MR) is 110 cm³/mol.